The topological polar surface area (TPSA) is 67.6 Å². The van der Waals surface area contributed by atoms with Gasteiger partial charge < -0.3 is 20.7 Å². The Bertz CT molecular complexity index is 193. The summed E-state index contributed by atoms with van der Waals surface area (Å²) in [6.07, 6.45) is 2.00. The fourth-order valence-electron chi connectivity index (χ4n) is 1.57. The van der Waals surface area contributed by atoms with Gasteiger partial charge in [0.25, 0.3) is 0 Å². The van der Waals surface area contributed by atoms with E-state index in [-0.39, 0.29) is 12.1 Å². The smallest absolute Gasteiger partial charge is 0.317 e. The summed E-state index contributed by atoms with van der Waals surface area (Å²) < 4.78 is 5.17. The molecule has 2 amide bonds. The minimum absolute atomic E-state index is 0.0233. The van der Waals surface area contributed by atoms with E-state index in [1.807, 2.05) is 0 Å². The van der Waals surface area contributed by atoms with Crippen LogP contribution in [-0.4, -0.2) is 49.8 Å². The molecule has 1 fully saturated rings. The second-order valence-electron chi connectivity index (χ2n) is 3.83. The number of ether oxygens (including phenoxy) is 1. The highest BCUT2D eigenvalue weighted by molar-refractivity contribution is 5.74. The third-order valence-electron chi connectivity index (χ3n) is 2.47. The number of hydrogen-bond acceptors (Lipinski definition) is 3. The number of amides is 2. The first kappa shape index (κ1) is 12.3. The molecule has 0 aromatic rings. The molecule has 0 aliphatic carbocycles. The Hall–Kier alpha value is -0.810. The van der Waals surface area contributed by atoms with Gasteiger partial charge in [0.15, 0.2) is 0 Å². The lowest BCUT2D eigenvalue weighted by Gasteiger charge is -2.27. The predicted octanol–water partition coefficient (Wildman–Crippen LogP) is 0.156. The third-order valence-corrected chi connectivity index (χ3v) is 2.47. The van der Waals surface area contributed by atoms with Crippen LogP contribution in [-0.2, 0) is 4.74 Å². The Morgan fingerprint density at radius 3 is 2.80 bits per heavy atom. The number of morpholine rings is 1. The predicted molar refractivity (Wildman–Crippen MR) is 58.7 cm³/mol. The standard InChI is InChI=1S/C10H21N3O2/c1-2-3-9(11)8-12-10(14)13-4-6-15-7-5-13/h9H,2-8,11H2,1H3,(H,12,14). The number of nitrogens with two attached hydrogens (primary N) is 1. The molecule has 1 aliphatic rings. The average molecular weight is 215 g/mol. The van der Waals surface area contributed by atoms with Crippen LogP contribution in [0, 0.1) is 0 Å². The molecule has 1 atom stereocenters. The zero-order valence-corrected chi connectivity index (χ0v) is 9.37. The second-order valence-corrected chi connectivity index (χ2v) is 3.83. The average Bonchev–Trinajstić information content (AvgIpc) is 2.27. The summed E-state index contributed by atoms with van der Waals surface area (Å²) in [5.41, 5.74) is 5.80. The third kappa shape index (κ3) is 4.48. The molecule has 15 heavy (non-hydrogen) atoms. The molecule has 0 radical (unpaired) electrons. The van der Waals surface area contributed by atoms with Gasteiger partial charge in [-0.2, -0.15) is 0 Å². The molecule has 1 rings (SSSR count). The Balaban J connectivity index is 2.16. The van der Waals surface area contributed by atoms with Gasteiger partial charge in [0, 0.05) is 25.7 Å². The van der Waals surface area contributed by atoms with Crippen molar-refractivity contribution in [1.82, 2.24) is 10.2 Å². The van der Waals surface area contributed by atoms with E-state index in [1.165, 1.54) is 0 Å². The highest BCUT2D eigenvalue weighted by atomic mass is 16.5. The van der Waals surface area contributed by atoms with E-state index < -0.39 is 0 Å². The van der Waals surface area contributed by atoms with E-state index in [0.29, 0.717) is 32.8 Å². The maximum absolute atomic E-state index is 11.6. The van der Waals surface area contributed by atoms with Crippen LogP contribution in [0.15, 0.2) is 0 Å². The van der Waals surface area contributed by atoms with Gasteiger partial charge in [0.05, 0.1) is 13.2 Å². The Morgan fingerprint density at radius 2 is 2.20 bits per heavy atom. The van der Waals surface area contributed by atoms with Gasteiger partial charge in [-0.05, 0) is 6.42 Å². The van der Waals surface area contributed by atoms with Crippen LogP contribution < -0.4 is 11.1 Å². The van der Waals surface area contributed by atoms with Crippen molar-refractivity contribution < 1.29 is 9.53 Å². The molecule has 0 aromatic carbocycles. The van der Waals surface area contributed by atoms with Gasteiger partial charge >= 0.3 is 6.03 Å². The van der Waals surface area contributed by atoms with Crippen LogP contribution in [0.3, 0.4) is 0 Å². The van der Waals surface area contributed by atoms with Crippen LogP contribution in [0.5, 0.6) is 0 Å². The lowest BCUT2D eigenvalue weighted by molar-refractivity contribution is 0.0531. The fourth-order valence-corrected chi connectivity index (χ4v) is 1.57. The normalized spacial score (nSPS) is 18.7. The molecule has 1 heterocycles. The number of hydrogen-bond donors (Lipinski definition) is 2. The van der Waals surface area contributed by atoms with Crippen molar-refractivity contribution in [3.63, 3.8) is 0 Å². The van der Waals surface area contributed by atoms with E-state index in [4.69, 9.17) is 10.5 Å². The molecule has 0 spiro atoms. The number of carbonyl (C=O) groups excluding carboxylic acids is 1. The minimum Gasteiger partial charge on any atom is -0.378 e. The molecule has 1 saturated heterocycles. The lowest BCUT2D eigenvalue weighted by atomic mass is 10.2. The van der Waals surface area contributed by atoms with Crippen molar-refractivity contribution in [3.05, 3.63) is 0 Å². The summed E-state index contributed by atoms with van der Waals surface area (Å²) in [6.45, 7) is 5.26. The van der Waals surface area contributed by atoms with Crippen molar-refractivity contribution in [2.75, 3.05) is 32.8 Å². The Labute approximate surface area is 90.9 Å². The van der Waals surface area contributed by atoms with E-state index in [0.717, 1.165) is 12.8 Å². The zero-order valence-electron chi connectivity index (χ0n) is 9.37. The number of nitrogens with zero attached hydrogens (tertiary/aromatic N) is 1. The number of carbonyl (C=O) groups is 1. The highest BCUT2D eigenvalue weighted by Crippen LogP contribution is 1.97. The van der Waals surface area contributed by atoms with E-state index in [2.05, 4.69) is 12.2 Å². The molecule has 0 saturated carbocycles. The molecule has 88 valence electrons. The molecular formula is C10H21N3O2. The zero-order chi connectivity index (χ0) is 11.1. The molecule has 1 aliphatic heterocycles. The quantitative estimate of drug-likeness (QED) is 0.701. The first-order chi connectivity index (χ1) is 7.24. The van der Waals surface area contributed by atoms with Crippen molar-refractivity contribution in [3.8, 4) is 0 Å². The largest absolute Gasteiger partial charge is 0.378 e. The van der Waals surface area contributed by atoms with E-state index >= 15 is 0 Å². The molecule has 0 aromatic heterocycles. The molecular weight excluding hydrogens is 194 g/mol. The molecule has 5 nitrogen and oxygen atoms in total. The van der Waals surface area contributed by atoms with Crippen LogP contribution in [0.4, 0.5) is 4.79 Å². The monoisotopic (exact) mass is 215 g/mol. The number of nitrogens with one attached hydrogen (secondary N) is 1. The van der Waals surface area contributed by atoms with Crippen molar-refractivity contribution in [2.45, 2.75) is 25.8 Å². The summed E-state index contributed by atoms with van der Waals surface area (Å²) in [5.74, 6) is 0. The first-order valence-electron chi connectivity index (χ1n) is 5.60. The van der Waals surface area contributed by atoms with Crippen LogP contribution in [0.25, 0.3) is 0 Å². The van der Waals surface area contributed by atoms with Gasteiger partial charge in [-0.1, -0.05) is 13.3 Å². The maximum atomic E-state index is 11.6. The van der Waals surface area contributed by atoms with Crippen LogP contribution in [0.2, 0.25) is 0 Å². The number of urea groups is 1. The number of rotatable bonds is 4. The fraction of sp³-hybridized carbons (Fsp3) is 0.900. The van der Waals surface area contributed by atoms with Crippen molar-refractivity contribution in [1.29, 1.82) is 0 Å². The van der Waals surface area contributed by atoms with Crippen molar-refractivity contribution in [2.24, 2.45) is 5.73 Å². The molecule has 0 bridgehead atoms. The summed E-state index contributed by atoms with van der Waals surface area (Å²) in [7, 11) is 0. The molecule has 1 unspecified atom stereocenters. The van der Waals surface area contributed by atoms with Crippen LogP contribution >= 0.6 is 0 Å². The first-order valence-corrected chi connectivity index (χ1v) is 5.60. The van der Waals surface area contributed by atoms with E-state index in [9.17, 15) is 4.79 Å². The minimum atomic E-state index is -0.0233. The summed E-state index contributed by atoms with van der Waals surface area (Å²) in [4.78, 5) is 13.4. The maximum Gasteiger partial charge on any atom is 0.317 e. The van der Waals surface area contributed by atoms with Gasteiger partial charge in [-0.25, -0.2) is 4.79 Å². The Kier molecular flexibility index (Phi) is 5.42. The summed E-state index contributed by atoms with van der Waals surface area (Å²) >= 11 is 0. The molecule has 5 heteroatoms. The summed E-state index contributed by atoms with van der Waals surface area (Å²) in [5, 5.41) is 2.84. The summed E-state index contributed by atoms with van der Waals surface area (Å²) in [6, 6.07) is 0.0462. The van der Waals surface area contributed by atoms with Gasteiger partial charge in [-0.15, -0.1) is 0 Å². The molecule has 3 N–H and O–H groups in total. The van der Waals surface area contributed by atoms with Crippen molar-refractivity contribution >= 4 is 6.03 Å². The second kappa shape index (κ2) is 6.63. The van der Waals surface area contributed by atoms with Gasteiger partial charge in [0.2, 0.25) is 0 Å². The Morgan fingerprint density at radius 1 is 1.53 bits per heavy atom. The van der Waals surface area contributed by atoms with E-state index in [1.54, 1.807) is 4.90 Å². The van der Waals surface area contributed by atoms with Gasteiger partial charge in [-0.3, -0.25) is 0 Å². The SMILES string of the molecule is CCCC(N)CNC(=O)N1CCOCC1. The highest BCUT2D eigenvalue weighted by Gasteiger charge is 2.16. The van der Waals surface area contributed by atoms with Crippen LogP contribution in [0.1, 0.15) is 19.8 Å². The lowest BCUT2D eigenvalue weighted by Crippen LogP contribution is -2.48. The van der Waals surface area contributed by atoms with Gasteiger partial charge in [0.1, 0.15) is 0 Å².